The Morgan fingerprint density at radius 3 is 2.31 bits per heavy atom. The highest BCUT2D eigenvalue weighted by Crippen LogP contribution is 2.25. The highest BCUT2D eigenvalue weighted by Gasteiger charge is 2.18. The molecule has 26 heavy (non-hydrogen) atoms. The number of phenols is 3. The Balaban J connectivity index is 1.85. The smallest absolute Gasteiger partial charge is 0.321 e. The fourth-order valence-electron chi connectivity index (χ4n) is 2.36. The van der Waals surface area contributed by atoms with Crippen molar-refractivity contribution in [3.63, 3.8) is 0 Å². The number of carboxylic acid groups (broad SMARTS) is 1. The number of aliphatic carboxylic acids is 1. The Morgan fingerprint density at radius 2 is 1.65 bits per heavy atom. The number of carboxylic acids is 1. The molecule has 2 aromatic carbocycles. The van der Waals surface area contributed by atoms with Gasteiger partial charge in [-0.1, -0.05) is 18.2 Å². The van der Waals surface area contributed by atoms with Crippen LogP contribution < -0.4 is 10.6 Å². The van der Waals surface area contributed by atoms with Crippen LogP contribution in [0.15, 0.2) is 42.5 Å². The first-order valence-electron chi connectivity index (χ1n) is 7.91. The molecule has 2 rings (SSSR count). The van der Waals surface area contributed by atoms with Gasteiger partial charge in [0.2, 0.25) is 0 Å². The van der Waals surface area contributed by atoms with Crippen LogP contribution in [0.2, 0.25) is 0 Å². The van der Waals surface area contributed by atoms with Crippen LogP contribution in [0.4, 0.5) is 0 Å². The molecule has 0 bridgehead atoms. The number of para-hydroxylation sites is 1. The predicted molar refractivity (Wildman–Crippen MR) is 93.3 cm³/mol. The van der Waals surface area contributed by atoms with E-state index >= 15 is 0 Å². The zero-order valence-corrected chi connectivity index (χ0v) is 13.8. The van der Waals surface area contributed by atoms with Crippen molar-refractivity contribution in [3.8, 4) is 17.2 Å². The van der Waals surface area contributed by atoms with E-state index in [2.05, 4.69) is 10.6 Å². The molecule has 0 fully saturated rings. The van der Waals surface area contributed by atoms with Gasteiger partial charge in [0, 0.05) is 13.1 Å². The van der Waals surface area contributed by atoms with E-state index in [1.165, 1.54) is 30.3 Å². The van der Waals surface area contributed by atoms with Gasteiger partial charge in [-0.25, -0.2) is 0 Å². The van der Waals surface area contributed by atoms with Crippen LogP contribution in [0.3, 0.4) is 0 Å². The molecule has 0 aliphatic heterocycles. The summed E-state index contributed by atoms with van der Waals surface area (Å²) in [7, 11) is 0. The minimum atomic E-state index is -1.08. The van der Waals surface area contributed by atoms with Crippen LogP contribution in [0.25, 0.3) is 0 Å². The normalized spacial score (nSPS) is 11.7. The number of amides is 1. The molecule has 6 N–H and O–H groups in total. The maximum atomic E-state index is 11.9. The Morgan fingerprint density at radius 1 is 0.923 bits per heavy atom. The van der Waals surface area contributed by atoms with Crippen LogP contribution in [0.5, 0.6) is 17.2 Å². The Bertz CT molecular complexity index is 793. The van der Waals surface area contributed by atoms with Crippen molar-refractivity contribution in [2.24, 2.45) is 0 Å². The fourth-order valence-corrected chi connectivity index (χ4v) is 2.36. The van der Waals surface area contributed by atoms with Crippen molar-refractivity contribution >= 4 is 11.9 Å². The molecule has 8 heteroatoms. The number of aromatic hydroxyl groups is 3. The van der Waals surface area contributed by atoms with Gasteiger partial charge in [-0.15, -0.1) is 0 Å². The highest BCUT2D eigenvalue weighted by atomic mass is 16.4. The lowest BCUT2D eigenvalue weighted by Gasteiger charge is -2.15. The van der Waals surface area contributed by atoms with E-state index in [4.69, 9.17) is 0 Å². The van der Waals surface area contributed by atoms with E-state index in [-0.39, 0.29) is 42.3 Å². The van der Waals surface area contributed by atoms with E-state index in [1.807, 2.05) is 0 Å². The number of hydrogen-bond acceptors (Lipinski definition) is 6. The van der Waals surface area contributed by atoms with Gasteiger partial charge in [-0.3, -0.25) is 9.59 Å². The van der Waals surface area contributed by atoms with E-state index in [9.17, 15) is 30.0 Å². The summed E-state index contributed by atoms with van der Waals surface area (Å²) in [6, 6.07) is 9.29. The first kappa shape index (κ1) is 19.1. The lowest BCUT2D eigenvalue weighted by Crippen LogP contribution is -2.42. The second-order valence-corrected chi connectivity index (χ2v) is 5.65. The van der Waals surface area contributed by atoms with Crippen molar-refractivity contribution in [1.82, 2.24) is 10.6 Å². The first-order valence-corrected chi connectivity index (χ1v) is 7.91. The molecule has 0 spiro atoms. The first-order chi connectivity index (χ1) is 12.4. The van der Waals surface area contributed by atoms with E-state index < -0.39 is 17.9 Å². The second kappa shape index (κ2) is 8.72. The van der Waals surface area contributed by atoms with Gasteiger partial charge in [0.1, 0.15) is 11.8 Å². The van der Waals surface area contributed by atoms with Crippen molar-refractivity contribution in [1.29, 1.82) is 0 Å². The van der Waals surface area contributed by atoms with Gasteiger partial charge in [0.15, 0.2) is 11.5 Å². The second-order valence-electron chi connectivity index (χ2n) is 5.65. The molecule has 1 atom stereocenters. The molecule has 0 aliphatic carbocycles. The molecule has 0 radical (unpaired) electrons. The van der Waals surface area contributed by atoms with Gasteiger partial charge < -0.3 is 31.1 Å². The molecule has 2 aromatic rings. The third kappa shape index (κ3) is 5.12. The predicted octanol–water partition coefficient (Wildman–Crippen LogP) is 0.819. The lowest BCUT2D eigenvalue weighted by molar-refractivity contribution is -0.139. The maximum Gasteiger partial charge on any atom is 0.321 e. The third-order valence-corrected chi connectivity index (χ3v) is 3.73. The average molecular weight is 360 g/mol. The molecular weight excluding hydrogens is 340 g/mol. The molecule has 0 aromatic heterocycles. The summed E-state index contributed by atoms with van der Waals surface area (Å²) in [5.74, 6) is -2.26. The highest BCUT2D eigenvalue weighted by molar-refractivity contribution is 5.96. The number of hydrogen-bond donors (Lipinski definition) is 6. The van der Waals surface area contributed by atoms with Crippen LogP contribution in [-0.4, -0.2) is 51.4 Å². The van der Waals surface area contributed by atoms with Gasteiger partial charge >= 0.3 is 5.97 Å². The van der Waals surface area contributed by atoms with Crippen LogP contribution in [0, 0.1) is 0 Å². The van der Waals surface area contributed by atoms with Crippen LogP contribution >= 0.6 is 0 Å². The summed E-state index contributed by atoms with van der Waals surface area (Å²) in [6.45, 7) is 0.359. The minimum absolute atomic E-state index is 0.0938. The molecule has 0 heterocycles. The molecular formula is C18H20N2O6. The van der Waals surface area contributed by atoms with Gasteiger partial charge in [-0.2, -0.15) is 0 Å². The topological polar surface area (TPSA) is 139 Å². The fraction of sp³-hybridized carbons (Fsp3) is 0.222. The largest absolute Gasteiger partial charge is 0.507 e. The summed E-state index contributed by atoms with van der Waals surface area (Å²) in [5, 5.41) is 43.0. The number of benzene rings is 2. The zero-order valence-electron chi connectivity index (χ0n) is 13.8. The van der Waals surface area contributed by atoms with Crippen LogP contribution in [-0.2, 0) is 11.2 Å². The Labute approximate surface area is 149 Å². The van der Waals surface area contributed by atoms with Gasteiger partial charge in [0.25, 0.3) is 5.91 Å². The molecule has 0 aliphatic rings. The quantitative estimate of drug-likeness (QED) is 0.303. The molecule has 1 amide bonds. The number of rotatable bonds is 8. The van der Waals surface area contributed by atoms with E-state index in [0.717, 1.165) is 0 Å². The molecule has 8 nitrogen and oxygen atoms in total. The van der Waals surface area contributed by atoms with Crippen LogP contribution in [0.1, 0.15) is 15.9 Å². The van der Waals surface area contributed by atoms with Crippen molar-refractivity contribution in [2.75, 3.05) is 13.1 Å². The van der Waals surface area contributed by atoms with Crippen molar-refractivity contribution < 1.29 is 30.0 Å². The molecule has 138 valence electrons. The van der Waals surface area contributed by atoms with E-state index in [1.54, 1.807) is 12.1 Å². The summed E-state index contributed by atoms with van der Waals surface area (Å²) in [4.78, 5) is 23.3. The van der Waals surface area contributed by atoms with Crippen molar-refractivity contribution in [3.05, 3.63) is 53.6 Å². The minimum Gasteiger partial charge on any atom is -0.507 e. The zero-order chi connectivity index (χ0) is 19.1. The SMILES string of the molecule is O=C(NCCN[C@@H](Cc1ccc(O)c(O)c1)C(=O)O)c1ccccc1O. The lowest BCUT2D eigenvalue weighted by atomic mass is 10.1. The Kier molecular flexibility index (Phi) is 6.40. The van der Waals surface area contributed by atoms with E-state index in [0.29, 0.717) is 5.56 Å². The molecule has 0 saturated heterocycles. The van der Waals surface area contributed by atoms with Gasteiger partial charge in [-0.05, 0) is 36.2 Å². The summed E-state index contributed by atoms with van der Waals surface area (Å²) in [5.41, 5.74) is 0.681. The summed E-state index contributed by atoms with van der Waals surface area (Å²) in [6.07, 6.45) is 0.0938. The number of carbonyl (C=O) groups excluding carboxylic acids is 1. The standard InChI is InChI=1S/C18H20N2O6/c21-14-4-2-1-3-12(14)17(24)20-8-7-19-13(18(25)26)9-11-5-6-15(22)16(23)10-11/h1-6,10,13,19,21-23H,7-9H2,(H,20,24)(H,25,26)/t13-/m0/s1. The summed E-state index contributed by atoms with van der Waals surface area (Å²) >= 11 is 0. The van der Waals surface area contributed by atoms with Crippen molar-refractivity contribution in [2.45, 2.75) is 12.5 Å². The van der Waals surface area contributed by atoms with Gasteiger partial charge in [0.05, 0.1) is 5.56 Å². The maximum absolute atomic E-state index is 11.9. The third-order valence-electron chi connectivity index (χ3n) is 3.73. The monoisotopic (exact) mass is 360 g/mol. The molecule has 0 saturated carbocycles. The average Bonchev–Trinajstić information content (AvgIpc) is 2.60. The Hall–Kier alpha value is -3.26. The summed E-state index contributed by atoms with van der Waals surface area (Å²) < 4.78 is 0. The number of carbonyl (C=O) groups is 2. The molecule has 0 unspecified atom stereocenters. The number of nitrogens with one attached hydrogen (secondary N) is 2. The number of phenolic OH excluding ortho intramolecular Hbond substituents is 3.